The van der Waals surface area contributed by atoms with Crippen molar-refractivity contribution in [1.29, 1.82) is 0 Å². The summed E-state index contributed by atoms with van der Waals surface area (Å²) in [5, 5.41) is 1.32. The molecule has 0 bridgehead atoms. The maximum Gasteiger partial charge on any atom is 0.0597 e. The summed E-state index contributed by atoms with van der Waals surface area (Å²) in [7, 11) is 2.13. The molecule has 22 heavy (non-hydrogen) atoms. The Morgan fingerprint density at radius 3 is 2.55 bits per heavy atom. The fraction of sp³-hybridized carbons (Fsp3) is 0.556. The SMILES string of the molecule is Cc1c(CN)c2cc3c(cc2n1C)CN(CCOC(C)C)C3. The van der Waals surface area contributed by atoms with E-state index in [1.165, 1.54) is 33.3 Å². The normalized spacial score (nSPS) is 15.2. The predicted molar refractivity (Wildman–Crippen MR) is 90.7 cm³/mol. The lowest BCUT2D eigenvalue weighted by molar-refractivity contribution is 0.0584. The number of aromatic nitrogens is 1. The molecule has 2 heterocycles. The maximum atomic E-state index is 5.96. The molecule has 4 heteroatoms. The molecule has 0 fully saturated rings. The quantitative estimate of drug-likeness (QED) is 0.923. The first-order valence-electron chi connectivity index (χ1n) is 8.15. The van der Waals surface area contributed by atoms with Crippen LogP contribution in [-0.2, 0) is 31.4 Å². The molecule has 2 N–H and O–H groups in total. The molecule has 1 aromatic heterocycles. The molecule has 0 atom stereocenters. The van der Waals surface area contributed by atoms with Gasteiger partial charge in [0.2, 0.25) is 0 Å². The second-order valence-corrected chi connectivity index (χ2v) is 6.60. The molecule has 2 aromatic rings. The highest BCUT2D eigenvalue weighted by molar-refractivity contribution is 5.87. The van der Waals surface area contributed by atoms with E-state index < -0.39 is 0 Å². The average Bonchev–Trinajstić information content (AvgIpc) is 2.96. The number of aryl methyl sites for hydroxylation is 1. The molecule has 1 aliphatic rings. The third-order valence-electron chi connectivity index (χ3n) is 4.79. The van der Waals surface area contributed by atoms with E-state index in [0.29, 0.717) is 12.6 Å². The van der Waals surface area contributed by atoms with Crippen LogP contribution in [0.3, 0.4) is 0 Å². The molecule has 0 aliphatic carbocycles. The van der Waals surface area contributed by atoms with Gasteiger partial charge in [-0.2, -0.15) is 0 Å². The summed E-state index contributed by atoms with van der Waals surface area (Å²) >= 11 is 0. The molecule has 0 amide bonds. The number of benzene rings is 1. The fourth-order valence-electron chi connectivity index (χ4n) is 3.44. The maximum absolute atomic E-state index is 5.96. The molecule has 0 spiro atoms. The molecule has 1 aliphatic heterocycles. The molecular weight excluding hydrogens is 274 g/mol. The molecule has 0 saturated heterocycles. The van der Waals surface area contributed by atoms with Gasteiger partial charge in [0, 0.05) is 49.8 Å². The van der Waals surface area contributed by atoms with Crippen LogP contribution in [0.25, 0.3) is 10.9 Å². The second-order valence-electron chi connectivity index (χ2n) is 6.60. The minimum Gasteiger partial charge on any atom is -0.377 e. The number of nitrogens with zero attached hydrogens (tertiary/aromatic N) is 2. The Hall–Kier alpha value is -1.36. The van der Waals surface area contributed by atoms with Gasteiger partial charge in [0.1, 0.15) is 0 Å². The largest absolute Gasteiger partial charge is 0.377 e. The van der Waals surface area contributed by atoms with E-state index in [-0.39, 0.29) is 0 Å². The van der Waals surface area contributed by atoms with Crippen LogP contribution in [-0.4, -0.2) is 28.7 Å². The van der Waals surface area contributed by atoms with E-state index in [2.05, 4.69) is 49.4 Å². The topological polar surface area (TPSA) is 43.4 Å². The Morgan fingerprint density at radius 2 is 1.91 bits per heavy atom. The van der Waals surface area contributed by atoms with Gasteiger partial charge in [-0.1, -0.05) is 0 Å². The molecule has 0 unspecified atom stereocenters. The lowest BCUT2D eigenvalue weighted by Crippen LogP contribution is -2.23. The summed E-state index contributed by atoms with van der Waals surface area (Å²) in [6.07, 6.45) is 0.308. The van der Waals surface area contributed by atoms with Crippen LogP contribution in [0.15, 0.2) is 12.1 Å². The van der Waals surface area contributed by atoms with Crippen LogP contribution >= 0.6 is 0 Å². The van der Waals surface area contributed by atoms with E-state index in [1.54, 1.807) is 0 Å². The first-order valence-corrected chi connectivity index (χ1v) is 8.15. The Labute approximate surface area is 132 Å². The number of nitrogens with two attached hydrogens (primary N) is 1. The molecule has 0 radical (unpaired) electrons. The Balaban J connectivity index is 1.83. The van der Waals surface area contributed by atoms with E-state index >= 15 is 0 Å². The first-order chi connectivity index (χ1) is 10.5. The summed E-state index contributed by atoms with van der Waals surface area (Å²) in [4.78, 5) is 2.46. The van der Waals surface area contributed by atoms with Crippen molar-refractivity contribution in [3.8, 4) is 0 Å². The summed E-state index contributed by atoms with van der Waals surface area (Å²) < 4.78 is 7.94. The van der Waals surface area contributed by atoms with Crippen LogP contribution in [0.5, 0.6) is 0 Å². The Kier molecular flexibility index (Phi) is 4.26. The van der Waals surface area contributed by atoms with Crippen LogP contribution in [0.4, 0.5) is 0 Å². The third-order valence-corrected chi connectivity index (χ3v) is 4.79. The third kappa shape index (κ3) is 2.67. The second kappa shape index (κ2) is 6.03. The van der Waals surface area contributed by atoms with Gasteiger partial charge in [-0.05, 0) is 49.6 Å². The first kappa shape index (κ1) is 15.5. The predicted octanol–water partition coefficient (Wildman–Crippen LogP) is 2.69. The van der Waals surface area contributed by atoms with Crippen molar-refractivity contribution in [2.24, 2.45) is 12.8 Å². The molecule has 120 valence electrons. The number of rotatable bonds is 5. The number of hydrogen-bond acceptors (Lipinski definition) is 3. The van der Waals surface area contributed by atoms with Crippen molar-refractivity contribution in [2.45, 2.75) is 46.5 Å². The molecule has 0 saturated carbocycles. The van der Waals surface area contributed by atoms with Crippen molar-refractivity contribution in [1.82, 2.24) is 9.47 Å². The fourth-order valence-corrected chi connectivity index (χ4v) is 3.44. The van der Waals surface area contributed by atoms with Crippen molar-refractivity contribution in [3.63, 3.8) is 0 Å². The zero-order valence-corrected chi connectivity index (χ0v) is 14.1. The van der Waals surface area contributed by atoms with Gasteiger partial charge in [-0.25, -0.2) is 0 Å². The van der Waals surface area contributed by atoms with Crippen LogP contribution in [0.1, 0.15) is 36.2 Å². The highest BCUT2D eigenvalue weighted by Crippen LogP contribution is 2.32. The number of hydrogen-bond donors (Lipinski definition) is 1. The van der Waals surface area contributed by atoms with E-state index in [1.807, 2.05) is 0 Å². The summed E-state index contributed by atoms with van der Waals surface area (Å²) in [5.41, 5.74) is 12.7. The van der Waals surface area contributed by atoms with Crippen molar-refractivity contribution in [3.05, 3.63) is 34.5 Å². The van der Waals surface area contributed by atoms with Gasteiger partial charge in [0.25, 0.3) is 0 Å². The standard InChI is InChI=1S/C18H27N3O/c1-12(2)22-6-5-21-10-14-7-16-17(9-19)13(3)20(4)18(16)8-15(14)11-21/h7-8,12H,5-6,9-11,19H2,1-4H3. The van der Waals surface area contributed by atoms with Gasteiger partial charge < -0.3 is 15.0 Å². The lowest BCUT2D eigenvalue weighted by Gasteiger charge is -2.15. The van der Waals surface area contributed by atoms with Gasteiger partial charge in [-0.3, -0.25) is 4.90 Å². The van der Waals surface area contributed by atoms with E-state index in [0.717, 1.165) is 26.2 Å². The van der Waals surface area contributed by atoms with E-state index in [4.69, 9.17) is 10.5 Å². The number of fused-ring (bicyclic) bond motifs is 2. The van der Waals surface area contributed by atoms with Crippen LogP contribution in [0, 0.1) is 6.92 Å². The van der Waals surface area contributed by atoms with Crippen molar-refractivity contribution >= 4 is 10.9 Å². The minimum atomic E-state index is 0.308. The molecule has 3 rings (SSSR count). The van der Waals surface area contributed by atoms with Gasteiger partial charge >= 0.3 is 0 Å². The average molecular weight is 301 g/mol. The highest BCUT2D eigenvalue weighted by Gasteiger charge is 2.21. The van der Waals surface area contributed by atoms with Crippen molar-refractivity contribution < 1.29 is 4.74 Å². The zero-order chi connectivity index (χ0) is 15.9. The van der Waals surface area contributed by atoms with Gasteiger partial charge in [-0.15, -0.1) is 0 Å². The number of ether oxygens (including phenoxy) is 1. The Bertz CT molecular complexity index is 687. The van der Waals surface area contributed by atoms with Gasteiger partial charge in [0.15, 0.2) is 0 Å². The zero-order valence-electron chi connectivity index (χ0n) is 14.1. The van der Waals surface area contributed by atoms with Crippen molar-refractivity contribution in [2.75, 3.05) is 13.2 Å². The Morgan fingerprint density at radius 1 is 1.23 bits per heavy atom. The summed E-state index contributed by atoms with van der Waals surface area (Å²) in [6.45, 7) is 10.8. The van der Waals surface area contributed by atoms with Crippen LogP contribution in [0.2, 0.25) is 0 Å². The summed E-state index contributed by atoms with van der Waals surface area (Å²) in [6, 6.07) is 4.70. The molecule has 4 nitrogen and oxygen atoms in total. The van der Waals surface area contributed by atoms with Crippen LogP contribution < -0.4 is 5.73 Å². The molecular formula is C18H27N3O. The minimum absolute atomic E-state index is 0.308. The lowest BCUT2D eigenvalue weighted by atomic mass is 10.0. The smallest absolute Gasteiger partial charge is 0.0597 e. The molecule has 1 aromatic carbocycles. The monoisotopic (exact) mass is 301 g/mol. The van der Waals surface area contributed by atoms with Gasteiger partial charge in [0.05, 0.1) is 12.7 Å². The highest BCUT2D eigenvalue weighted by atomic mass is 16.5. The summed E-state index contributed by atoms with van der Waals surface area (Å²) in [5.74, 6) is 0. The van der Waals surface area contributed by atoms with E-state index in [9.17, 15) is 0 Å².